The number of oxazole rings is 1. The van der Waals surface area contributed by atoms with E-state index in [0.717, 1.165) is 16.7 Å². The van der Waals surface area contributed by atoms with E-state index in [-0.39, 0.29) is 0 Å². The highest BCUT2D eigenvalue weighted by Crippen LogP contribution is 2.39. The molecular weight excluding hydrogens is 308 g/mol. The predicted molar refractivity (Wildman–Crippen MR) is 99.3 cm³/mol. The largest absolute Gasteiger partial charge is 0.432 e. The van der Waals surface area contributed by atoms with E-state index < -0.39 is 5.54 Å². The molecule has 0 aliphatic carbocycles. The van der Waals surface area contributed by atoms with Gasteiger partial charge in [-0.25, -0.2) is 4.98 Å². The van der Waals surface area contributed by atoms with Crippen LogP contribution in [0.2, 0.25) is 0 Å². The molecule has 3 aromatic carbocycles. The summed E-state index contributed by atoms with van der Waals surface area (Å²) in [7, 11) is 0. The summed E-state index contributed by atoms with van der Waals surface area (Å²) in [5.74, 6) is 0. The first kappa shape index (κ1) is 15.2. The van der Waals surface area contributed by atoms with Crippen molar-refractivity contribution in [3.8, 4) is 0 Å². The molecule has 4 rings (SSSR count). The average molecular weight is 326 g/mol. The first-order valence-electron chi connectivity index (χ1n) is 8.24. The molecule has 3 nitrogen and oxygen atoms in total. The normalized spacial score (nSPS) is 11.2. The van der Waals surface area contributed by atoms with Crippen LogP contribution in [0, 0.1) is 0 Å². The molecule has 3 heteroatoms. The molecular formula is C22H18N2O. The molecule has 0 fully saturated rings. The van der Waals surface area contributed by atoms with Gasteiger partial charge in [0.25, 0.3) is 6.01 Å². The number of anilines is 1. The van der Waals surface area contributed by atoms with Crippen molar-refractivity contribution in [2.75, 3.05) is 5.32 Å². The zero-order chi connectivity index (χ0) is 17.0. The van der Waals surface area contributed by atoms with E-state index in [9.17, 15) is 0 Å². The fourth-order valence-electron chi connectivity index (χ4n) is 3.23. The topological polar surface area (TPSA) is 38.1 Å². The highest BCUT2D eigenvalue weighted by atomic mass is 16.4. The molecule has 0 saturated heterocycles. The van der Waals surface area contributed by atoms with Gasteiger partial charge in [0.15, 0.2) is 0 Å². The van der Waals surface area contributed by atoms with Crippen LogP contribution in [-0.4, -0.2) is 4.98 Å². The van der Waals surface area contributed by atoms with Crippen LogP contribution in [-0.2, 0) is 5.54 Å². The third-order valence-corrected chi connectivity index (χ3v) is 4.35. The molecule has 0 amide bonds. The first-order chi connectivity index (χ1) is 12.4. The summed E-state index contributed by atoms with van der Waals surface area (Å²) < 4.78 is 5.53. The maximum Gasteiger partial charge on any atom is 0.295 e. The lowest BCUT2D eigenvalue weighted by atomic mass is 9.77. The summed E-state index contributed by atoms with van der Waals surface area (Å²) in [5, 5.41) is 3.54. The minimum Gasteiger partial charge on any atom is -0.432 e. The third-order valence-electron chi connectivity index (χ3n) is 4.35. The summed E-state index contributed by atoms with van der Waals surface area (Å²) in [6.45, 7) is 0. The van der Waals surface area contributed by atoms with Gasteiger partial charge in [0, 0.05) is 0 Å². The van der Waals surface area contributed by atoms with Crippen molar-refractivity contribution >= 4 is 6.01 Å². The van der Waals surface area contributed by atoms with E-state index in [1.54, 1.807) is 12.5 Å². The smallest absolute Gasteiger partial charge is 0.295 e. The molecule has 0 unspecified atom stereocenters. The van der Waals surface area contributed by atoms with E-state index in [2.05, 4.69) is 46.7 Å². The molecule has 25 heavy (non-hydrogen) atoms. The van der Waals surface area contributed by atoms with Gasteiger partial charge in [0.05, 0.1) is 6.20 Å². The van der Waals surface area contributed by atoms with Crippen LogP contribution in [0.5, 0.6) is 0 Å². The fourth-order valence-corrected chi connectivity index (χ4v) is 3.23. The van der Waals surface area contributed by atoms with Crippen molar-refractivity contribution in [1.82, 2.24) is 4.98 Å². The number of benzene rings is 3. The summed E-state index contributed by atoms with van der Waals surface area (Å²) in [5.41, 5.74) is 2.75. The first-order valence-corrected chi connectivity index (χ1v) is 8.24. The minimum absolute atomic E-state index is 0.483. The zero-order valence-corrected chi connectivity index (χ0v) is 13.7. The summed E-state index contributed by atoms with van der Waals surface area (Å²) in [6, 6.07) is 31.6. The van der Waals surface area contributed by atoms with Crippen molar-refractivity contribution in [3.05, 3.63) is 120 Å². The SMILES string of the molecule is c1ccc(C(Nc2ncco2)(c2ccccc2)c2ccccc2)cc1. The second-order valence-electron chi connectivity index (χ2n) is 5.81. The van der Waals surface area contributed by atoms with Crippen molar-refractivity contribution < 1.29 is 4.42 Å². The van der Waals surface area contributed by atoms with Gasteiger partial charge < -0.3 is 9.73 Å². The van der Waals surface area contributed by atoms with Crippen molar-refractivity contribution in [2.45, 2.75) is 5.54 Å². The fraction of sp³-hybridized carbons (Fsp3) is 0.0455. The van der Waals surface area contributed by atoms with E-state index in [4.69, 9.17) is 4.42 Å². The van der Waals surface area contributed by atoms with Crippen LogP contribution in [0.15, 0.2) is 108 Å². The lowest BCUT2D eigenvalue weighted by Crippen LogP contribution is -2.38. The number of hydrogen-bond acceptors (Lipinski definition) is 3. The standard InChI is InChI=1S/C22H18N2O/c1-4-10-18(11-5-1)22(19-12-6-2-7-13-19,20-14-8-3-9-15-20)24-21-23-16-17-25-21/h1-17H,(H,23,24). The van der Waals surface area contributed by atoms with Crippen molar-refractivity contribution in [3.63, 3.8) is 0 Å². The maximum absolute atomic E-state index is 5.53. The molecule has 1 N–H and O–H groups in total. The Morgan fingerprint density at radius 1 is 0.640 bits per heavy atom. The van der Waals surface area contributed by atoms with Crippen LogP contribution in [0.3, 0.4) is 0 Å². The Kier molecular flexibility index (Phi) is 4.05. The van der Waals surface area contributed by atoms with Gasteiger partial charge in [0.2, 0.25) is 0 Å². The van der Waals surface area contributed by atoms with Crippen molar-refractivity contribution in [1.29, 1.82) is 0 Å². The highest BCUT2D eigenvalue weighted by Gasteiger charge is 2.37. The number of rotatable bonds is 5. The van der Waals surface area contributed by atoms with E-state index in [1.807, 2.05) is 54.6 Å². The molecule has 0 bridgehead atoms. The molecule has 1 aromatic heterocycles. The lowest BCUT2D eigenvalue weighted by Gasteiger charge is -2.36. The lowest BCUT2D eigenvalue weighted by molar-refractivity contribution is 0.547. The minimum atomic E-state index is -0.603. The van der Waals surface area contributed by atoms with Gasteiger partial charge in [-0.05, 0) is 16.7 Å². The molecule has 0 aliphatic heterocycles. The summed E-state index contributed by atoms with van der Waals surface area (Å²) in [6.07, 6.45) is 3.22. The van der Waals surface area contributed by atoms with Gasteiger partial charge in [-0.15, -0.1) is 0 Å². The zero-order valence-electron chi connectivity index (χ0n) is 13.7. The number of nitrogens with zero attached hydrogens (tertiary/aromatic N) is 1. The van der Waals surface area contributed by atoms with Gasteiger partial charge in [-0.3, -0.25) is 0 Å². The predicted octanol–water partition coefficient (Wildman–Crippen LogP) is 5.08. The monoisotopic (exact) mass is 326 g/mol. The Bertz CT molecular complexity index is 808. The van der Waals surface area contributed by atoms with E-state index in [1.165, 1.54) is 0 Å². The van der Waals surface area contributed by atoms with Gasteiger partial charge in [-0.1, -0.05) is 91.0 Å². The van der Waals surface area contributed by atoms with Gasteiger partial charge in [-0.2, -0.15) is 0 Å². The Hall–Kier alpha value is -3.33. The van der Waals surface area contributed by atoms with Crippen LogP contribution < -0.4 is 5.32 Å². The van der Waals surface area contributed by atoms with Crippen LogP contribution in [0.25, 0.3) is 0 Å². The molecule has 0 radical (unpaired) electrons. The average Bonchev–Trinajstić information content (AvgIpc) is 3.21. The number of aromatic nitrogens is 1. The molecule has 122 valence electrons. The quantitative estimate of drug-likeness (QED) is 0.520. The van der Waals surface area contributed by atoms with E-state index >= 15 is 0 Å². The second-order valence-corrected chi connectivity index (χ2v) is 5.81. The maximum atomic E-state index is 5.53. The second kappa shape index (κ2) is 6.65. The van der Waals surface area contributed by atoms with Gasteiger partial charge >= 0.3 is 0 Å². The molecule has 0 aliphatic rings. The van der Waals surface area contributed by atoms with Crippen molar-refractivity contribution in [2.24, 2.45) is 0 Å². The Morgan fingerprint density at radius 2 is 1.08 bits per heavy atom. The molecule has 0 saturated carbocycles. The summed E-state index contributed by atoms with van der Waals surface area (Å²) >= 11 is 0. The summed E-state index contributed by atoms with van der Waals surface area (Å²) in [4.78, 5) is 4.30. The van der Waals surface area contributed by atoms with Gasteiger partial charge in [0.1, 0.15) is 11.8 Å². The Balaban J connectivity index is 2.01. The third kappa shape index (κ3) is 2.81. The van der Waals surface area contributed by atoms with Crippen LogP contribution in [0.1, 0.15) is 16.7 Å². The Labute approximate surface area is 147 Å². The molecule has 4 aromatic rings. The highest BCUT2D eigenvalue weighted by molar-refractivity contribution is 5.55. The Morgan fingerprint density at radius 3 is 1.44 bits per heavy atom. The molecule has 0 atom stereocenters. The van der Waals surface area contributed by atoms with Crippen LogP contribution in [0.4, 0.5) is 6.01 Å². The number of nitrogens with one attached hydrogen (secondary N) is 1. The molecule has 0 spiro atoms. The molecule has 1 heterocycles. The van der Waals surface area contributed by atoms with Crippen LogP contribution >= 0.6 is 0 Å². The number of hydrogen-bond donors (Lipinski definition) is 1. The van der Waals surface area contributed by atoms with E-state index in [0.29, 0.717) is 6.01 Å².